The van der Waals surface area contributed by atoms with Crippen molar-refractivity contribution < 1.29 is 28.7 Å². The first-order valence-electron chi connectivity index (χ1n) is 9.36. The number of carbonyl (C=O) groups excluding carboxylic acids is 4. The average Bonchev–Trinajstić information content (AvgIpc) is 3.13. The van der Waals surface area contributed by atoms with Gasteiger partial charge in [-0.15, -0.1) is 0 Å². The molecule has 0 spiro atoms. The predicted molar refractivity (Wildman–Crippen MR) is 108 cm³/mol. The zero-order chi connectivity index (χ0) is 21.7. The number of carbonyl (C=O) groups is 4. The van der Waals surface area contributed by atoms with Gasteiger partial charge >= 0.3 is 11.9 Å². The lowest BCUT2D eigenvalue weighted by molar-refractivity contribution is -0.128. The van der Waals surface area contributed by atoms with Gasteiger partial charge < -0.3 is 19.7 Å². The number of amides is 2. The average molecular weight is 410 g/mol. The number of rotatable bonds is 6. The smallest absolute Gasteiger partial charge is 0.339 e. The number of ether oxygens (including phenoxy) is 2. The van der Waals surface area contributed by atoms with Crippen LogP contribution in [0.3, 0.4) is 0 Å². The molecule has 2 amide bonds. The molecule has 8 heteroatoms. The van der Waals surface area contributed by atoms with Crippen LogP contribution in [0.1, 0.15) is 32.7 Å². The molecule has 1 saturated heterocycles. The molecule has 30 heavy (non-hydrogen) atoms. The maximum Gasteiger partial charge on any atom is 0.339 e. The SMILES string of the molecule is COC(=O)c1ccc(C(=O)OC)c(NC(=O)C2CC(=O)N(Cc3ccccc3)C2)c1. The third-order valence-corrected chi connectivity index (χ3v) is 4.91. The summed E-state index contributed by atoms with van der Waals surface area (Å²) in [5, 5.41) is 2.67. The van der Waals surface area contributed by atoms with Crippen molar-refractivity contribution in [2.24, 2.45) is 5.92 Å². The van der Waals surface area contributed by atoms with E-state index < -0.39 is 23.8 Å². The van der Waals surface area contributed by atoms with Crippen molar-refractivity contribution in [1.82, 2.24) is 4.90 Å². The molecule has 0 radical (unpaired) electrons. The number of benzene rings is 2. The van der Waals surface area contributed by atoms with Gasteiger partial charge in [-0.2, -0.15) is 0 Å². The van der Waals surface area contributed by atoms with Crippen LogP contribution in [0.25, 0.3) is 0 Å². The van der Waals surface area contributed by atoms with Crippen LogP contribution in [0.5, 0.6) is 0 Å². The lowest BCUT2D eigenvalue weighted by Crippen LogP contribution is -2.28. The molecule has 8 nitrogen and oxygen atoms in total. The van der Waals surface area contributed by atoms with E-state index in [1.165, 1.54) is 32.4 Å². The van der Waals surface area contributed by atoms with E-state index in [2.05, 4.69) is 10.1 Å². The molecular formula is C22H22N2O6. The summed E-state index contributed by atoms with van der Waals surface area (Å²) in [7, 11) is 2.46. The summed E-state index contributed by atoms with van der Waals surface area (Å²) >= 11 is 0. The van der Waals surface area contributed by atoms with Crippen molar-refractivity contribution in [2.75, 3.05) is 26.1 Å². The molecule has 2 aromatic carbocycles. The number of esters is 2. The Bertz CT molecular complexity index is 973. The van der Waals surface area contributed by atoms with E-state index in [0.29, 0.717) is 6.54 Å². The molecule has 2 aromatic rings. The zero-order valence-electron chi connectivity index (χ0n) is 16.7. The molecule has 1 aliphatic rings. The Hall–Kier alpha value is -3.68. The van der Waals surface area contributed by atoms with Crippen molar-refractivity contribution in [3.05, 3.63) is 65.2 Å². The van der Waals surface area contributed by atoms with Crippen molar-refractivity contribution in [3.63, 3.8) is 0 Å². The molecule has 1 N–H and O–H groups in total. The zero-order valence-corrected chi connectivity index (χ0v) is 16.7. The number of nitrogens with zero attached hydrogens (tertiary/aromatic N) is 1. The largest absolute Gasteiger partial charge is 0.465 e. The third-order valence-electron chi connectivity index (χ3n) is 4.91. The highest BCUT2D eigenvalue weighted by atomic mass is 16.5. The van der Waals surface area contributed by atoms with Crippen LogP contribution in [0.4, 0.5) is 5.69 Å². The van der Waals surface area contributed by atoms with Crippen molar-refractivity contribution in [1.29, 1.82) is 0 Å². The van der Waals surface area contributed by atoms with Gasteiger partial charge in [-0.25, -0.2) is 9.59 Å². The minimum atomic E-state index is -0.657. The van der Waals surface area contributed by atoms with Crippen LogP contribution >= 0.6 is 0 Å². The number of likely N-dealkylation sites (tertiary alicyclic amines) is 1. The van der Waals surface area contributed by atoms with Crippen LogP contribution < -0.4 is 5.32 Å². The molecule has 1 aliphatic heterocycles. The summed E-state index contributed by atoms with van der Waals surface area (Å²) in [4.78, 5) is 50.7. The van der Waals surface area contributed by atoms with Gasteiger partial charge in [-0.05, 0) is 23.8 Å². The van der Waals surface area contributed by atoms with Crippen LogP contribution in [0.2, 0.25) is 0 Å². The van der Waals surface area contributed by atoms with Gasteiger partial charge in [0.15, 0.2) is 0 Å². The number of anilines is 1. The fourth-order valence-corrected chi connectivity index (χ4v) is 3.32. The van der Waals surface area contributed by atoms with Crippen LogP contribution in [0, 0.1) is 5.92 Å². The van der Waals surface area contributed by atoms with Crippen molar-refractivity contribution in [2.45, 2.75) is 13.0 Å². The molecule has 0 bridgehead atoms. The van der Waals surface area contributed by atoms with Crippen LogP contribution in [-0.2, 0) is 25.6 Å². The first kappa shape index (κ1) is 21.0. The lowest BCUT2D eigenvalue weighted by Gasteiger charge is -2.17. The molecule has 3 rings (SSSR count). The second-order valence-corrected chi connectivity index (χ2v) is 6.89. The van der Waals surface area contributed by atoms with E-state index in [1.807, 2.05) is 30.3 Å². The fourth-order valence-electron chi connectivity index (χ4n) is 3.32. The van der Waals surface area contributed by atoms with Crippen LogP contribution in [0.15, 0.2) is 48.5 Å². The Balaban J connectivity index is 1.75. The summed E-state index contributed by atoms with van der Waals surface area (Å²) in [6.07, 6.45) is 0.0723. The Morgan fingerprint density at radius 1 is 1.03 bits per heavy atom. The Morgan fingerprint density at radius 3 is 2.40 bits per heavy atom. The number of methoxy groups -OCH3 is 2. The first-order valence-corrected chi connectivity index (χ1v) is 9.36. The molecule has 0 saturated carbocycles. The van der Waals surface area contributed by atoms with Gasteiger partial charge in [0.1, 0.15) is 0 Å². The molecule has 0 aliphatic carbocycles. The maximum atomic E-state index is 12.8. The fraction of sp³-hybridized carbons (Fsp3) is 0.273. The molecule has 1 atom stereocenters. The van der Waals surface area contributed by atoms with E-state index in [1.54, 1.807) is 4.90 Å². The monoisotopic (exact) mass is 410 g/mol. The van der Waals surface area contributed by atoms with E-state index in [0.717, 1.165) is 5.56 Å². The van der Waals surface area contributed by atoms with Gasteiger partial charge in [-0.3, -0.25) is 9.59 Å². The van der Waals surface area contributed by atoms with E-state index in [9.17, 15) is 19.2 Å². The highest BCUT2D eigenvalue weighted by Gasteiger charge is 2.34. The van der Waals surface area contributed by atoms with E-state index in [-0.39, 0.29) is 35.7 Å². The highest BCUT2D eigenvalue weighted by Crippen LogP contribution is 2.24. The molecule has 1 heterocycles. The molecular weight excluding hydrogens is 388 g/mol. The Labute approximate surface area is 173 Å². The second-order valence-electron chi connectivity index (χ2n) is 6.89. The van der Waals surface area contributed by atoms with Crippen molar-refractivity contribution >= 4 is 29.4 Å². The number of nitrogens with one attached hydrogen (secondary N) is 1. The van der Waals surface area contributed by atoms with E-state index in [4.69, 9.17) is 4.74 Å². The second kappa shape index (κ2) is 9.21. The van der Waals surface area contributed by atoms with Gasteiger partial charge in [-0.1, -0.05) is 30.3 Å². The number of hydrogen-bond acceptors (Lipinski definition) is 6. The molecule has 156 valence electrons. The van der Waals surface area contributed by atoms with Gasteiger partial charge in [0.25, 0.3) is 0 Å². The Morgan fingerprint density at radius 2 is 1.73 bits per heavy atom. The predicted octanol–water partition coefficient (Wildman–Crippen LogP) is 2.25. The highest BCUT2D eigenvalue weighted by molar-refractivity contribution is 6.05. The summed E-state index contributed by atoms with van der Waals surface area (Å²) in [6, 6.07) is 13.7. The minimum absolute atomic E-state index is 0.0723. The maximum absolute atomic E-state index is 12.8. The van der Waals surface area contributed by atoms with Crippen LogP contribution in [-0.4, -0.2) is 49.4 Å². The van der Waals surface area contributed by atoms with Gasteiger partial charge in [0.05, 0.1) is 37.0 Å². The Kier molecular flexibility index (Phi) is 6.46. The topological polar surface area (TPSA) is 102 Å². The molecule has 1 unspecified atom stereocenters. The summed E-state index contributed by atoms with van der Waals surface area (Å²) in [6.45, 7) is 0.693. The van der Waals surface area contributed by atoms with Gasteiger partial charge in [0.2, 0.25) is 11.8 Å². The standard InChI is InChI=1S/C22H22N2O6/c1-29-21(27)15-8-9-17(22(28)30-2)18(10-15)23-20(26)16-11-19(25)24(13-16)12-14-6-4-3-5-7-14/h3-10,16H,11-13H2,1-2H3,(H,23,26). The number of hydrogen-bond donors (Lipinski definition) is 1. The minimum Gasteiger partial charge on any atom is -0.465 e. The summed E-state index contributed by atoms with van der Waals surface area (Å²) < 4.78 is 9.43. The van der Waals surface area contributed by atoms with E-state index >= 15 is 0 Å². The quantitative estimate of drug-likeness (QED) is 0.733. The summed E-state index contributed by atoms with van der Waals surface area (Å²) in [5.41, 5.74) is 1.38. The molecule has 0 aromatic heterocycles. The lowest BCUT2D eigenvalue weighted by atomic mass is 10.1. The van der Waals surface area contributed by atoms with Gasteiger partial charge in [0, 0.05) is 19.5 Å². The van der Waals surface area contributed by atoms with Crippen molar-refractivity contribution in [3.8, 4) is 0 Å². The normalized spacial score (nSPS) is 15.6. The first-order chi connectivity index (χ1) is 14.4. The third kappa shape index (κ3) is 4.65. The summed E-state index contributed by atoms with van der Waals surface area (Å²) in [5.74, 6) is -2.36. The molecule has 1 fully saturated rings.